The van der Waals surface area contributed by atoms with Gasteiger partial charge >= 0.3 is 11.9 Å². The molecule has 110 valence electrons. The molecule has 0 amide bonds. The van der Waals surface area contributed by atoms with Crippen molar-refractivity contribution >= 4 is 17.6 Å². The summed E-state index contributed by atoms with van der Waals surface area (Å²) in [5.41, 5.74) is 1.38. The topological polar surface area (TPSA) is 88.8 Å². The number of hydrogen-bond donors (Lipinski definition) is 2. The highest BCUT2D eigenvalue weighted by Gasteiger charge is 2.15. The van der Waals surface area contributed by atoms with Gasteiger partial charge in [-0.25, -0.2) is 9.59 Å². The lowest BCUT2D eigenvalue weighted by Gasteiger charge is -2.04. The number of carboxylic acids is 1. The van der Waals surface area contributed by atoms with Crippen LogP contribution in [0.4, 0.5) is 5.69 Å². The molecule has 1 aromatic heterocycles. The van der Waals surface area contributed by atoms with Crippen molar-refractivity contribution in [3.63, 3.8) is 0 Å². The Morgan fingerprint density at radius 2 is 1.95 bits per heavy atom. The van der Waals surface area contributed by atoms with Gasteiger partial charge in [-0.2, -0.15) is 0 Å². The Labute approximate surface area is 121 Å². The summed E-state index contributed by atoms with van der Waals surface area (Å²) in [6.07, 6.45) is 0. The minimum absolute atomic E-state index is 0.224. The fourth-order valence-corrected chi connectivity index (χ4v) is 1.86. The van der Waals surface area contributed by atoms with Crippen molar-refractivity contribution in [2.24, 2.45) is 0 Å². The summed E-state index contributed by atoms with van der Waals surface area (Å²) in [4.78, 5) is 22.2. The van der Waals surface area contributed by atoms with Crippen LogP contribution in [0.3, 0.4) is 0 Å². The molecule has 0 atom stereocenters. The fourth-order valence-electron chi connectivity index (χ4n) is 1.86. The average molecular weight is 289 g/mol. The molecule has 0 radical (unpaired) electrons. The van der Waals surface area contributed by atoms with Gasteiger partial charge in [-0.05, 0) is 37.3 Å². The number of rotatable bonds is 5. The molecule has 0 saturated carbocycles. The Kier molecular flexibility index (Phi) is 4.27. The average Bonchev–Trinajstić information content (AvgIpc) is 2.86. The predicted octanol–water partition coefficient (Wildman–Crippen LogP) is 2.68. The zero-order chi connectivity index (χ0) is 15.4. The molecular weight excluding hydrogens is 274 g/mol. The molecule has 0 spiro atoms. The molecule has 0 saturated heterocycles. The highest BCUT2D eigenvalue weighted by Crippen LogP contribution is 2.17. The van der Waals surface area contributed by atoms with Gasteiger partial charge in [-0.1, -0.05) is 0 Å². The van der Waals surface area contributed by atoms with Gasteiger partial charge in [0.25, 0.3) is 0 Å². The maximum atomic E-state index is 11.5. The minimum atomic E-state index is -0.967. The second-order valence-electron chi connectivity index (χ2n) is 4.41. The van der Waals surface area contributed by atoms with Gasteiger partial charge in [0, 0.05) is 5.69 Å². The van der Waals surface area contributed by atoms with Gasteiger partial charge in [0.2, 0.25) is 0 Å². The molecular formula is C15H15NO5. The fraction of sp³-hybridized carbons (Fsp3) is 0.200. The lowest BCUT2D eigenvalue weighted by molar-refractivity contribution is 0.0598. The number of hydrogen-bond acceptors (Lipinski definition) is 5. The maximum absolute atomic E-state index is 11.5. The quantitative estimate of drug-likeness (QED) is 0.823. The Bertz CT molecular complexity index is 657. The van der Waals surface area contributed by atoms with Crippen LogP contribution in [0.25, 0.3) is 0 Å². The highest BCUT2D eigenvalue weighted by molar-refractivity contribution is 5.90. The van der Waals surface area contributed by atoms with E-state index in [4.69, 9.17) is 9.52 Å². The molecule has 21 heavy (non-hydrogen) atoms. The summed E-state index contributed by atoms with van der Waals surface area (Å²) in [5.74, 6) is -0.311. The number of carbonyl (C=O) groups excluding carboxylic acids is 1. The number of furan rings is 1. The first-order valence-electron chi connectivity index (χ1n) is 6.26. The SMILES string of the molecule is COC(=O)c1cc(CNc2ccc(C(=O)O)cc2)oc1C. The first kappa shape index (κ1) is 14.6. The molecule has 1 heterocycles. The normalized spacial score (nSPS) is 10.2. The van der Waals surface area contributed by atoms with E-state index in [1.54, 1.807) is 25.1 Å². The lowest BCUT2D eigenvalue weighted by atomic mass is 10.2. The van der Waals surface area contributed by atoms with Gasteiger partial charge in [0.1, 0.15) is 17.1 Å². The molecule has 0 bridgehead atoms. The van der Waals surface area contributed by atoms with Gasteiger partial charge in [0.15, 0.2) is 0 Å². The molecule has 0 aliphatic rings. The molecule has 2 aromatic rings. The van der Waals surface area contributed by atoms with Crippen molar-refractivity contribution in [1.82, 2.24) is 0 Å². The van der Waals surface area contributed by atoms with Crippen LogP contribution in [0.15, 0.2) is 34.7 Å². The number of nitrogens with one attached hydrogen (secondary N) is 1. The molecule has 2 N–H and O–H groups in total. The second-order valence-corrected chi connectivity index (χ2v) is 4.41. The van der Waals surface area contributed by atoms with Gasteiger partial charge in [-0.15, -0.1) is 0 Å². The summed E-state index contributed by atoms with van der Waals surface area (Å²) in [5, 5.41) is 11.9. The Morgan fingerprint density at radius 1 is 1.29 bits per heavy atom. The Morgan fingerprint density at radius 3 is 2.52 bits per heavy atom. The predicted molar refractivity (Wildman–Crippen MR) is 75.5 cm³/mol. The number of aryl methyl sites for hydroxylation is 1. The number of methoxy groups -OCH3 is 1. The lowest BCUT2D eigenvalue weighted by Crippen LogP contribution is -2.01. The molecule has 1 aromatic carbocycles. The first-order valence-corrected chi connectivity index (χ1v) is 6.26. The summed E-state index contributed by atoms with van der Waals surface area (Å²) in [6, 6.07) is 7.98. The first-order chi connectivity index (χ1) is 10.0. The van der Waals surface area contributed by atoms with E-state index in [1.165, 1.54) is 19.2 Å². The van der Waals surface area contributed by atoms with Crippen LogP contribution in [0.2, 0.25) is 0 Å². The van der Waals surface area contributed by atoms with E-state index in [1.807, 2.05) is 0 Å². The smallest absolute Gasteiger partial charge is 0.341 e. The number of anilines is 1. The molecule has 0 aliphatic carbocycles. The van der Waals surface area contributed by atoms with E-state index in [0.717, 1.165) is 5.69 Å². The number of ether oxygens (including phenoxy) is 1. The van der Waals surface area contributed by atoms with Crippen LogP contribution in [-0.2, 0) is 11.3 Å². The molecule has 0 fully saturated rings. The van der Waals surface area contributed by atoms with Crippen molar-refractivity contribution in [3.05, 3.63) is 53.0 Å². The molecule has 6 nitrogen and oxygen atoms in total. The Balaban J connectivity index is 2.03. The molecule has 0 aliphatic heterocycles. The molecule has 0 unspecified atom stereocenters. The second kappa shape index (κ2) is 6.13. The molecule has 6 heteroatoms. The highest BCUT2D eigenvalue weighted by atomic mass is 16.5. The van der Waals surface area contributed by atoms with Gasteiger partial charge in [0.05, 0.1) is 19.2 Å². The van der Waals surface area contributed by atoms with E-state index >= 15 is 0 Å². The summed E-state index contributed by atoms with van der Waals surface area (Å²) >= 11 is 0. The van der Waals surface area contributed by atoms with Crippen LogP contribution in [-0.4, -0.2) is 24.2 Å². The van der Waals surface area contributed by atoms with Crippen LogP contribution in [0, 0.1) is 6.92 Å². The summed E-state index contributed by atoms with van der Waals surface area (Å²) in [7, 11) is 1.32. The van der Waals surface area contributed by atoms with Crippen LogP contribution in [0.5, 0.6) is 0 Å². The number of esters is 1. The third kappa shape index (κ3) is 3.42. The number of benzene rings is 1. The Hall–Kier alpha value is -2.76. The maximum Gasteiger partial charge on any atom is 0.341 e. The van der Waals surface area contributed by atoms with Gasteiger partial charge < -0.3 is 19.6 Å². The number of carbonyl (C=O) groups is 2. The number of aromatic carboxylic acids is 1. The van der Waals surface area contributed by atoms with Crippen molar-refractivity contribution in [2.45, 2.75) is 13.5 Å². The van der Waals surface area contributed by atoms with Crippen molar-refractivity contribution in [2.75, 3.05) is 12.4 Å². The third-order valence-electron chi connectivity index (χ3n) is 2.97. The minimum Gasteiger partial charge on any atom is -0.478 e. The van der Waals surface area contributed by atoms with E-state index in [9.17, 15) is 9.59 Å². The van der Waals surface area contributed by atoms with Crippen molar-refractivity contribution < 1.29 is 23.8 Å². The van der Waals surface area contributed by atoms with Crippen LogP contribution >= 0.6 is 0 Å². The monoisotopic (exact) mass is 289 g/mol. The van der Waals surface area contributed by atoms with Crippen molar-refractivity contribution in [1.29, 1.82) is 0 Å². The van der Waals surface area contributed by atoms with E-state index in [-0.39, 0.29) is 5.56 Å². The number of carboxylic acid groups (broad SMARTS) is 1. The van der Waals surface area contributed by atoms with Gasteiger partial charge in [-0.3, -0.25) is 0 Å². The third-order valence-corrected chi connectivity index (χ3v) is 2.97. The standard InChI is InChI=1S/C15H15NO5/c1-9-13(15(19)20-2)7-12(21-9)8-16-11-5-3-10(4-6-11)14(17)18/h3-7,16H,8H2,1-2H3,(H,17,18). The van der Waals surface area contributed by atoms with E-state index in [0.29, 0.717) is 23.6 Å². The summed E-state index contributed by atoms with van der Waals surface area (Å²) < 4.78 is 10.1. The molecule has 2 rings (SSSR count). The van der Waals surface area contributed by atoms with Crippen molar-refractivity contribution in [3.8, 4) is 0 Å². The van der Waals surface area contributed by atoms with Crippen LogP contribution in [0.1, 0.15) is 32.2 Å². The largest absolute Gasteiger partial charge is 0.478 e. The zero-order valence-corrected chi connectivity index (χ0v) is 11.7. The van der Waals surface area contributed by atoms with E-state index in [2.05, 4.69) is 10.1 Å². The zero-order valence-electron chi connectivity index (χ0n) is 11.7. The summed E-state index contributed by atoms with van der Waals surface area (Å²) in [6.45, 7) is 2.07. The van der Waals surface area contributed by atoms with E-state index < -0.39 is 11.9 Å². The van der Waals surface area contributed by atoms with Crippen LogP contribution < -0.4 is 5.32 Å².